The molecule has 1 amide bonds. The first-order valence-electron chi connectivity index (χ1n) is 9.49. The van der Waals surface area contributed by atoms with Gasteiger partial charge in [0, 0.05) is 17.7 Å². The van der Waals surface area contributed by atoms with E-state index in [2.05, 4.69) is 9.97 Å². The summed E-state index contributed by atoms with van der Waals surface area (Å²) in [7, 11) is 1.57. The van der Waals surface area contributed by atoms with Gasteiger partial charge in [-0.3, -0.25) is 9.59 Å². The van der Waals surface area contributed by atoms with E-state index in [9.17, 15) is 9.59 Å². The first-order chi connectivity index (χ1) is 13.6. The second kappa shape index (κ2) is 7.46. The molecule has 0 bridgehead atoms. The van der Waals surface area contributed by atoms with Gasteiger partial charge in [0.15, 0.2) is 5.78 Å². The molecule has 6 nitrogen and oxygen atoms in total. The summed E-state index contributed by atoms with van der Waals surface area (Å²) in [5.41, 5.74) is 3.20. The molecule has 6 heteroatoms. The Labute approximate surface area is 163 Å². The molecule has 28 heavy (non-hydrogen) atoms. The lowest BCUT2D eigenvalue weighted by Crippen LogP contribution is -2.32. The number of para-hydroxylation sites is 2. The molecule has 0 radical (unpaired) electrons. The van der Waals surface area contributed by atoms with Gasteiger partial charge in [-0.25, -0.2) is 4.98 Å². The maximum atomic E-state index is 13.1. The lowest BCUT2D eigenvalue weighted by atomic mass is 10.0. The van der Waals surface area contributed by atoms with Crippen LogP contribution in [0, 0.1) is 0 Å². The highest BCUT2D eigenvalue weighted by Gasteiger charge is 2.32. The average Bonchev–Trinajstić information content (AvgIpc) is 3.34. The Morgan fingerprint density at radius 2 is 2.07 bits per heavy atom. The van der Waals surface area contributed by atoms with Crippen molar-refractivity contribution in [2.75, 3.05) is 13.7 Å². The topological polar surface area (TPSA) is 75.3 Å². The zero-order chi connectivity index (χ0) is 19.7. The highest BCUT2D eigenvalue weighted by molar-refractivity contribution is 5.94. The van der Waals surface area contributed by atoms with E-state index in [1.54, 1.807) is 25.3 Å². The molecule has 1 N–H and O–H groups in total. The van der Waals surface area contributed by atoms with Crippen LogP contribution in [0.15, 0.2) is 42.5 Å². The van der Waals surface area contributed by atoms with Gasteiger partial charge in [0.05, 0.1) is 30.6 Å². The number of ether oxygens (including phenoxy) is 1. The van der Waals surface area contributed by atoms with Crippen LogP contribution in [0.1, 0.15) is 47.6 Å². The number of benzene rings is 2. The van der Waals surface area contributed by atoms with Gasteiger partial charge in [0.1, 0.15) is 11.6 Å². The third-order valence-corrected chi connectivity index (χ3v) is 5.33. The minimum Gasteiger partial charge on any atom is -0.496 e. The minimum atomic E-state index is -0.0538. The number of methoxy groups -OCH3 is 1. The quantitative estimate of drug-likeness (QED) is 0.688. The van der Waals surface area contributed by atoms with Crippen molar-refractivity contribution >= 4 is 22.7 Å². The summed E-state index contributed by atoms with van der Waals surface area (Å²) in [6.07, 6.45) is 2.02. The summed E-state index contributed by atoms with van der Waals surface area (Å²) in [6.45, 7) is 2.22. The Morgan fingerprint density at radius 1 is 1.25 bits per heavy atom. The molecule has 1 aliphatic rings. The Morgan fingerprint density at radius 3 is 2.82 bits per heavy atom. The van der Waals surface area contributed by atoms with Gasteiger partial charge in [-0.1, -0.05) is 12.1 Å². The Bertz CT molecular complexity index is 1010. The van der Waals surface area contributed by atoms with Gasteiger partial charge in [-0.2, -0.15) is 0 Å². The van der Waals surface area contributed by atoms with Crippen LogP contribution in [-0.4, -0.2) is 40.2 Å². The molecule has 3 aromatic rings. The van der Waals surface area contributed by atoms with E-state index in [1.807, 2.05) is 29.2 Å². The van der Waals surface area contributed by atoms with Gasteiger partial charge in [-0.05, 0) is 50.1 Å². The van der Waals surface area contributed by atoms with Crippen molar-refractivity contribution in [2.45, 2.75) is 32.2 Å². The molecule has 1 unspecified atom stereocenters. The second-order valence-corrected chi connectivity index (χ2v) is 7.14. The van der Waals surface area contributed by atoms with Crippen molar-refractivity contribution in [2.24, 2.45) is 0 Å². The molecular formula is C22H23N3O3. The summed E-state index contributed by atoms with van der Waals surface area (Å²) in [5.74, 6) is 1.44. The van der Waals surface area contributed by atoms with Gasteiger partial charge in [0.2, 0.25) is 5.91 Å². The van der Waals surface area contributed by atoms with Crippen LogP contribution in [0.2, 0.25) is 0 Å². The maximum absolute atomic E-state index is 13.1. The molecule has 4 rings (SSSR count). The Kier molecular flexibility index (Phi) is 4.86. The van der Waals surface area contributed by atoms with Crippen molar-refractivity contribution in [3.63, 3.8) is 0 Å². The first kappa shape index (κ1) is 18.2. The summed E-state index contributed by atoms with van der Waals surface area (Å²) in [6, 6.07) is 13.1. The molecular weight excluding hydrogens is 354 g/mol. The predicted octanol–water partition coefficient (Wildman–Crippen LogP) is 3.68. The molecule has 2 heterocycles. The summed E-state index contributed by atoms with van der Waals surface area (Å²) >= 11 is 0. The van der Waals surface area contributed by atoms with E-state index >= 15 is 0 Å². The Balaban J connectivity index is 1.59. The molecule has 0 saturated carbocycles. The predicted molar refractivity (Wildman–Crippen MR) is 106 cm³/mol. The molecule has 1 aromatic heterocycles. The number of amides is 1. The normalized spacial score (nSPS) is 16.5. The molecule has 1 aliphatic heterocycles. The van der Waals surface area contributed by atoms with Crippen molar-refractivity contribution in [3.05, 3.63) is 59.4 Å². The van der Waals surface area contributed by atoms with Crippen LogP contribution >= 0.6 is 0 Å². The van der Waals surface area contributed by atoms with E-state index in [4.69, 9.17) is 4.74 Å². The lowest BCUT2D eigenvalue weighted by molar-refractivity contribution is -0.131. The summed E-state index contributed by atoms with van der Waals surface area (Å²) in [4.78, 5) is 34.8. The van der Waals surface area contributed by atoms with E-state index in [0.717, 1.165) is 35.3 Å². The summed E-state index contributed by atoms with van der Waals surface area (Å²) < 4.78 is 5.39. The number of hydrogen-bond acceptors (Lipinski definition) is 4. The van der Waals surface area contributed by atoms with Gasteiger partial charge in [-0.15, -0.1) is 0 Å². The number of carbonyl (C=O) groups is 2. The zero-order valence-corrected chi connectivity index (χ0v) is 16.1. The van der Waals surface area contributed by atoms with Crippen molar-refractivity contribution < 1.29 is 14.3 Å². The number of ketones is 1. The SMILES string of the molecule is COc1ccc(C(C)=O)cc1CC(=O)N1CCCC1c1nc2ccccc2[nH]1. The minimum absolute atomic E-state index is 0.0157. The molecule has 2 aromatic carbocycles. The van der Waals surface area contributed by atoms with Crippen LogP contribution in [-0.2, 0) is 11.2 Å². The van der Waals surface area contributed by atoms with Crippen molar-refractivity contribution in [1.82, 2.24) is 14.9 Å². The number of rotatable bonds is 5. The number of aromatic amines is 1. The third kappa shape index (κ3) is 3.38. The van der Waals surface area contributed by atoms with Crippen LogP contribution < -0.4 is 4.74 Å². The van der Waals surface area contributed by atoms with Crippen molar-refractivity contribution in [3.8, 4) is 5.75 Å². The highest BCUT2D eigenvalue weighted by Crippen LogP contribution is 2.32. The monoisotopic (exact) mass is 377 g/mol. The molecule has 1 atom stereocenters. The number of nitrogens with one attached hydrogen (secondary N) is 1. The number of hydrogen-bond donors (Lipinski definition) is 1. The second-order valence-electron chi connectivity index (χ2n) is 7.14. The largest absolute Gasteiger partial charge is 0.496 e. The van der Waals surface area contributed by atoms with Crippen LogP contribution in [0.3, 0.4) is 0 Å². The molecule has 0 aliphatic carbocycles. The van der Waals surface area contributed by atoms with Crippen molar-refractivity contribution in [1.29, 1.82) is 0 Å². The number of imidazole rings is 1. The fraction of sp³-hybridized carbons (Fsp3) is 0.318. The van der Waals surface area contributed by atoms with Gasteiger partial charge >= 0.3 is 0 Å². The van der Waals surface area contributed by atoms with Crippen LogP contribution in [0.25, 0.3) is 11.0 Å². The van der Waals surface area contributed by atoms with Gasteiger partial charge < -0.3 is 14.6 Å². The number of Topliss-reactive ketones (excluding diaryl/α,β-unsaturated/α-hetero) is 1. The third-order valence-electron chi connectivity index (χ3n) is 5.33. The molecule has 1 saturated heterocycles. The smallest absolute Gasteiger partial charge is 0.227 e. The number of nitrogens with zero attached hydrogens (tertiary/aromatic N) is 2. The number of likely N-dealkylation sites (tertiary alicyclic amines) is 1. The number of aromatic nitrogens is 2. The van der Waals surface area contributed by atoms with E-state index in [1.165, 1.54) is 6.92 Å². The number of H-pyrrole nitrogens is 1. The van der Waals surface area contributed by atoms with Gasteiger partial charge in [0.25, 0.3) is 0 Å². The van der Waals surface area contributed by atoms with E-state index in [0.29, 0.717) is 17.9 Å². The first-order valence-corrected chi connectivity index (χ1v) is 9.49. The highest BCUT2D eigenvalue weighted by atomic mass is 16.5. The standard InChI is InChI=1S/C22H23N3O3/c1-14(26)15-9-10-20(28-2)16(12-15)13-21(27)25-11-5-8-19(25)22-23-17-6-3-4-7-18(17)24-22/h3-4,6-7,9-10,12,19H,5,8,11,13H2,1-2H3,(H,23,24). The molecule has 0 spiro atoms. The average molecular weight is 377 g/mol. The Hall–Kier alpha value is -3.15. The molecule has 144 valence electrons. The maximum Gasteiger partial charge on any atom is 0.227 e. The number of fused-ring (bicyclic) bond motifs is 1. The van der Waals surface area contributed by atoms with Crippen LogP contribution in [0.4, 0.5) is 0 Å². The fourth-order valence-corrected chi connectivity index (χ4v) is 3.88. The summed E-state index contributed by atoms with van der Waals surface area (Å²) in [5, 5.41) is 0. The zero-order valence-electron chi connectivity index (χ0n) is 16.1. The fourth-order valence-electron chi connectivity index (χ4n) is 3.88. The number of carbonyl (C=O) groups excluding carboxylic acids is 2. The lowest BCUT2D eigenvalue weighted by Gasteiger charge is -2.23. The molecule has 1 fully saturated rings. The van der Waals surface area contributed by atoms with E-state index < -0.39 is 0 Å². The van der Waals surface area contributed by atoms with E-state index in [-0.39, 0.29) is 24.2 Å². The van der Waals surface area contributed by atoms with Crippen LogP contribution in [0.5, 0.6) is 5.75 Å².